The Hall–Kier alpha value is -2.64. The van der Waals surface area contributed by atoms with Gasteiger partial charge >= 0.3 is 5.97 Å². The highest BCUT2D eigenvalue weighted by Gasteiger charge is 2.10. The van der Waals surface area contributed by atoms with E-state index < -0.39 is 11.9 Å². The van der Waals surface area contributed by atoms with Crippen LogP contribution in [-0.2, 0) is 4.79 Å². The number of rotatable bonds is 4. The molecule has 8 heteroatoms. The molecule has 0 aliphatic rings. The van der Waals surface area contributed by atoms with E-state index in [9.17, 15) is 9.59 Å². The van der Waals surface area contributed by atoms with Crippen molar-refractivity contribution < 1.29 is 19.1 Å². The number of carboxylic acid groups (broad SMARTS) is 1. The predicted octanol–water partition coefficient (Wildman–Crippen LogP) is 3.16. The van der Waals surface area contributed by atoms with E-state index in [0.717, 1.165) is 0 Å². The van der Waals surface area contributed by atoms with Crippen LogP contribution in [0.3, 0.4) is 0 Å². The Balaban J connectivity index is 1.95. The van der Waals surface area contributed by atoms with Gasteiger partial charge in [-0.2, -0.15) is 0 Å². The molecule has 0 saturated carbocycles. The van der Waals surface area contributed by atoms with Gasteiger partial charge in [0.1, 0.15) is 5.76 Å². The fourth-order valence-electron chi connectivity index (χ4n) is 1.63. The Bertz CT molecular complexity index is 772. The van der Waals surface area contributed by atoms with Gasteiger partial charge < -0.3 is 14.8 Å². The zero-order valence-electron chi connectivity index (χ0n) is 11.6. The zero-order valence-corrected chi connectivity index (χ0v) is 13.1. The lowest BCUT2D eigenvalue weighted by Gasteiger charge is -2.09. The highest BCUT2D eigenvalue weighted by atomic mass is 35.5. The molecule has 1 aromatic heterocycles. The molecule has 1 heterocycles. The van der Waals surface area contributed by atoms with Crippen LogP contribution < -0.4 is 10.6 Å². The molecule has 0 aliphatic heterocycles. The van der Waals surface area contributed by atoms with E-state index in [-0.39, 0.29) is 15.7 Å². The molecule has 0 saturated heterocycles. The number of benzene rings is 1. The van der Waals surface area contributed by atoms with Gasteiger partial charge in [0.2, 0.25) is 5.91 Å². The van der Waals surface area contributed by atoms with Crippen molar-refractivity contribution in [1.82, 2.24) is 5.32 Å². The monoisotopic (exact) mass is 350 g/mol. The first-order valence-corrected chi connectivity index (χ1v) is 7.11. The third-order valence-corrected chi connectivity index (χ3v) is 3.17. The van der Waals surface area contributed by atoms with E-state index in [1.54, 1.807) is 18.2 Å². The first-order valence-electron chi connectivity index (χ1n) is 6.32. The number of carbonyl (C=O) groups is 2. The summed E-state index contributed by atoms with van der Waals surface area (Å²) in [7, 11) is 0. The molecule has 1 aromatic carbocycles. The smallest absolute Gasteiger partial charge is 0.337 e. The van der Waals surface area contributed by atoms with E-state index >= 15 is 0 Å². The minimum Gasteiger partial charge on any atom is -0.478 e. The van der Waals surface area contributed by atoms with E-state index in [0.29, 0.717) is 11.4 Å². The second-order valence-corrected chi connectivity index (χ2v) is 5.11. The van der Waals surface area contributed by atoms with Gasteiger partial charge in [-0.15, -0.1) is 0 Å². The van der Waals surface area contributed by atoms with E-state index in [4.69, 9.17) is 33.3 Å². The van der Waals surface area contributed by atoms with Gasteiger partial charge in [-0.05, 0) is 48.6 Å². The SMILES string of the molecule is O=C(C=Cc1ccco1)NC(=S)Nc1ccc(Cl)c(C(=O)O)c1. The molecule has 0 atom stereocenters. The number of hydrogen-bond donors (Lipinski definition) is 3. The first kappa shape index (κ1) is 16.7. The molecule has 0 radical (unpaired) electrons. The number of anilines is 1. The molecule has 2 rings (SSSR count). The number of hydrogen-bond acceptors (Lipinski definition) is 4. The largest absolute Gasteiger partial charge is 0.478 e. The zero-order chi connectivity index (χ0) is 16.8. The van der Waals surface area contributed by atoms with Crippen LogP contribution in [0.15, 0.2) is 47.1 Å². The van der Waals surface area contributed by atoms with Crippen molar-refractivity contribution in [3.05, 3.63) is 59.0 Å². The minimum atomic E-state index is -1.16. The van der Waals surface area contributed by atoms with Crippen LogP contribution in [0.1, 0.15) is 16.1 Å². The van der Waals surface area contributed by atoms with Crippen LogP contribution in [0.5, 0.6) is 0 Å². The van der Waals surface area contributed by atoms with Crippen molar-refractivity contribution in [1.29, 1.82) is 0 Å². The van der Waals surface area contributed by atoms with E-state index in [1.807, 2.05) is 0 Å². The number of halogens is 1. The van der Waals surface area contributed by atoms with Gasteiger partial charge in [0.15, 0.2) is 5.11 Å². The predicted molar refractivity (Wildman–Crippen MR) is 90.5 cm³/mol. The maximum atomic E-state index is 11.7. The second kappa shape index (κ2) is 7.57. The Morgan fingerprint density at radius 3 is 2.74 bits per heavy atom. The van der Waals surface area contributed by atoms with E-state index in [2.05, 4.69) is 10.6 Å². The molecule has 23 heavy (non-hydrogen) atoms. The number of amides is 1. The molecule has 1 amide bonds. The van der Waals surface area contributed by atoms with Crippen molar-refractivity contribution in [3.8, 4) is 0 Å². The van der Waals surface area contributed by atoms with Crippen LogP contribution in [0.2, 0.25) is 5.02 Å². The summed E-state index contributed by atoms with van der Waals surface area (Å²) in [5.41, 5.74) is 0.329. The van der Waals surface area contributed by atoms with Gasteiger partial charge in [-0.3, -0.25) is 10.1 Å². The number of nitrogens with one attached hydrogen (secondary N) is 2. The van der Waals surface area contributed by atoms with Crippen molar-refractivity contribution in [2.45, 2.75) is 0 Å². The third-order valence-electron chi connectivity index (χ3n) is 2.63. The van der Waals surface area contributed by atoms with Crippen molar-refractivity contribution in [2.75, 3.05) is 5.32 Å². The fourth-order valence-corrected chi connectivity index (χ4v) is 2.04. The summed E-state index contributed by atoms with van der Waals surface area (Å²) in [6.07, 6.45) is 4.24. The van der Waals surface area contributed by atoms with Gasteiger partial charge in [-0.1, -0.05) is 11.6 Å². The average molecular weight is 351 g/mol. The Labute approximate surface area is 141 Å². The number of carbonyl (C=O) groups excluding carboxylic acids is 1. The minimum absolute atomic E-state index is 0.0257. The maximum Gasteiger partial charge on any atom is 0.337 e. The summed E-state index contributed by atoms with van der Waals surface area (Å²) in [6.45, 7) is 0. The lowest BCUT2D eigenvalue weighted by molar-refractivity contribution is -0.115. The lowest BCUT2D eigenvalue weighted by Crippen LogP contribution is -2.32. The normalized spacial score (nSPS) is 10.5. The highest BCUT2D eigenvalue weighted by molar-refractivity contribution is 7.80. The molecule has 3 N–H and O–H groups in total. The standard InChI is InChI=1S/C15H11ClN2O4S/c16-12-5-3-9(8-11(12)14(20)21)17-15(23)18-13(19)6-4-10-2-1-7-22-10/h1-8H,(H,20,21)(H2,17,18,19,23). The quantitative estimate of drug-likeness (QED) is 0.579. The van der Waals surface area contributed by atoms with Gasteiger partial charge in [0, 0.05) is 11.8 Å². The van der Waals surface area contributed by atoms with Crippen LogP contribution in [-0.4, -0.2) is 22.1 Å². The molecule has 118 valence electrons. The third kappa shape index (κ3) is 4.94. The summed E-state index contributed by atoms with van der Waals surface area (Å²) < 4.78 is 5.05. The fraction of sp³-hybridized carbons (Fsp3) is 0. The second-order valence-electron chi connectivity index (χ2n) is 4.29. The topological polar surface area (TPSA) is 91.6 Å². The van der Waals surface area contributed by atoms with Crippen molar-refractivity contribution in [2.24, 2.45) is 0 Å². The molecule has 0 spiro atoms. The Morgan fingerprint density at radius 2 is 2.09 bits per heavy atom. The molecular weight excluding hydrogens is 340 g/mol. The Morgan fingerprint density at radius 1 is 1.30 bits per heavy atom. The number of thiocarbonyl (C=S) groups is 1. The summed E-state index contributed by atoms with van der Waals surface area (Å²) >= 11 is 10.8. The number of carboxylic acids is 1. The van der Waals surface area contributed by atoms with Crippen LogP contribution in [0, 0.1) is 0 Å². The van der Waals surface area contributed by atoms with Gasteiger partial charge in [0.05, 0.1) is 16.8 Å². The molecule has 0 unspecified atom stereocenters. The first-order chi connectivity index (χ1) is 11.0. The van der Waals surface area contributed by atoms with Gasteiger partial charge in [-0.25, -0.2) is 4.79 Å². The van der Waals surface area contributed by atoms with Crippen LogP contribution in [0.4, 0.5) is 5.69 Å². The number of furan rings is 1. The molecule has 6 nitrogen and oxygen atoms in total. The summed E-state index contributed by atoms with van der Waals surface area (Å²) in [5.74, 6) is -1.08. The molecule has 2 aromatic rings. The molecule has 0 fully saturated rings. The maximum absolute atomic E-state index is 11.7. The van der Waals surface area contributed by atoms with Crippen LogP contribution >= 0.6 is 23.8 Å². The number of aromatic carboxylic acids is 1. The Kier molecular flexibility index (Phi) is 5.51. The summed E-state index contributed by atoms with van der Waals surface area (Å²) in [4.78, 5) is 22.7. The molecular formula is C15H11ClN2O4S. The molecule has 0 bridgehead atoms. The van der Waals surface area contributed by atoms with Crippen molar-refractivity contribution in [3.63, 3.8) is 0 Å². The summed E-state index contributed by atoms with van der Waals surface area (Å²) in [6, 6.07) is 7.69. The highest BCUT2D eigenvalue weighted by Crippen LogP contribution is 2.20. The van der Waals surface area contributed by atoms with Crippen molar-refractivity contribution >= 4 is 52.6 Å². The average Bonchev–Trinajstić information content (AvgIpc) is 3.00. The molecule has 0 aliphatic carbocycles. The van der Waals surface area contributed by atoms with Gasteiger partial charge in [0.25, 0.3) is 0 Å². The lowest BCUT2D eigenvalue weighted by atomic mass is 10.2. The summed E-state index contributed by atoms with van der Waals surface area (Å²) in [5, 5.41) is 14.3. The van der Waals surface area contributed by atoms with Crippen LogP contribution in [0.25, 0.3) is 6.08 Å². The van der Waals surface area contributed by atoms with E-state index in [1.165, 1.54) is 30.5 Å².